The molecule has 0 unspecified atom stereocenters. The van der Waals surface area contributed by atoms with Crippen LogP contribution in [0.3, 0.4) is 0 Å². The monoisotopic (exact) mass is 262 g/mol. The van der Waals surface area contributed by atoms with Crippen LogP contribution < -0.4 is 0 Å². The molecule has 1 saturated carbocycles. The molecular formula is C12H26O4Si. The maximum Gasteiger partial charge on any atom is 0.679 e. The Labute approximate surface area is 106 Å². The topological polar surface area (TPSA) is 36.9 Å². The Morgan fingerprint density at radius 2 is 1.47 bits per heavy atom. The van der Waals surface area contributed by atoms with Gasteiger partial charge in [-0.3, -0.25) is 0 Å². The zero-order chi connectivity index (χ0) is 12.7. The van der Waals surface area contributed by atoms with Crippen LogP contribution in [0.5, 0.6) is 0 Å². The van der Waals surface area contributed by atoms with E-state index in [1.54, 1.807) is 0 Å². The first-order chi connectivity index (χ1) is 8.17. The zero-order valence-electron chi connectivity index (χ0n) is 11.5. The molecule has 2 atom stereocenters. The van der Waals surface area contributed by atoms with Crippen LogP contribution in [-0.2, 0) is 17.7 Å². The van der Waals surface area contributed by atoms with Gasteiger partial charge in [0.25, 0.3) is 0 Å². The number of hydrogen-bond acceptors (Lipinski definition) is 4. The normalized spacial score (nSPS) is 25.4. The van der Waals surface area contributed by atoms with Gasteiger partial charge in [-0.1, -0.05) is 13.3 Å². The van der Waals surface area contributed by atoms with Gasteiger partial charge in [-0.05, 0) is 39.5 Å². The average molecular weight is 262 g/mol. The minimum Gasteiger partial charge on any atom is -0.351 e. The molecule has 0 N–H and O–H groups in total. The van der Waals surface area contributed by atoms with Crippen LogP contribution in [0.4, 0.5) is 0 Å². The maximum absolute atomic E-state index is 6.10. The molecule has 0 spiro atoms. The zero-order valence-corrected chi connectivity index (χ0v) is 12.5. The van der Waals surface area contributed by atoms with Gasteiger partial charge in [0.15, 0.2) is 0 Å². The summed E-state index contributed by atoms with van der Waals surface area (Å²) in [5.74, 6) is 0.572. The second kappa shape index (κ2) is 7.48. The summed E-state index contributed by atoms with van der Waals surface area (Å²) < 4.78 is 23.2. The third kappa shape index (κ3) is 4.33. The Morgan fingerprint density at radius 1 is 0.941 bits per heavy atom. The molecule has 0 heterocycles. The Morgan fingerprint density at radius 3 is 1.82 bits per heavy atom. The first-order valence-electron chi connectivity index (χ1n) is 6.77. The Bertz CT molecular complexity index is 196. The molecule has 0 aromatic heterocycles. The molecule has 1 rings (SSSR count). The molecule has 0 bridgehead atoms. The number of hydrogen-bond donors (Lipinski definition) is 0. The van der Waals surface area contributed by atoms with E-state index >= 15 is 0 Å². The summed E-state index contributed by atoms with van der Waals surface area (Å²) in [6.07, 6.45) is 3.76. The van der Waals surface area contributed by atoms with E-state index in [1.165, 1.54) is 12.8 Å². The minimum absolute atomic E-state index is 0.228. The molecule has 1 aliphatic rings. The van der Waals surface area contributed by atoms with Crippen molar-refractivity contribution in [2.75, 3.05) is 19.8 Å². The van der Waals surface area contributed by atoms with E-state index < -0.39 is 9.05 Å². The van der Waals surface area contributed by atoms with Gasteiger partial charge in [0.1, 0.15) is 0 Å². The summed E-state index contributed by atoms with van der Waals surface area (Å²) in [5.41, 5.74) is 0. The summed E-state index contributed by atoms with van der Waals surface area (Å²) in [7, 11) is -2.90. The van der Waals surface area contributed by atoms with Crippen LogP contribution in [0.1, 0.15) is 47.0 Å². The van der Waals surface area contributed by atoms with Gasteiger partial charge in [0, 0.05) is 19.8 Å². The lowest BCUT2D eigenvalue weighted by Crippen LogP contribution is -2.52. The largest absolute Gasteiger partial charge is 0.679 e. The molecule has 0 saturated heterocycles. The summed E-state index contributed by atoms with van der Waals surface area (Å²) in [6.45, 7) is 9.75. The van der Waals surface area contributed by atoms with Gasteiger partial charge < -0.3 is 17.7 Å². The smallest absolute Gasteiger partial charge is 0.351 e. The summed E-state index contributed by atoms with van der Waals surface area (Å²) in [4.78, 5) is 0. The average Bonchev–Trinajstić information content (AvgIpc) is 2.65. The van der Waals surface area contributed by atoms with E-state index in [4.69, 9.17) is 17.7 Å². The van der Waals surface area contributed by atoms with E-state index in [1.807, 2.05) is 20.8 Å². The second-order valence-electron chi connectivity index (χ2n) is 4.36. The lowest BCUT2D eigenvalue weighted by Gasteiger charge is -2.31. The van der Waals surface area contributed by atoms with Gasteiger partial charge in [0.2, 0.25) is 0 Å². The van der Waals surface area contributed by atoms with Crippen molar-refractivity contribution in [1.82, 2.24) is 0 Å². The van der Waals surface area contributed by atoms with Crippen molar-refractivity contribution in [2.45, 2.75) is 53.1 Å². The fraction of sp³-hybridized carbons (Fsp3) is 1.00. The van der Waals surface area contributed by atoms with E-state index in [2.05, 4.69) is 6.92 Å². The molecule has 4 nitrogen and oxygen atoms in total. The van der Waals surface area contributed by atoms with Gasteiger partial charge in [-0.25, -0.2) is 0 Å². The van der Waals surface area contributed by atoms with Crippen LogP contribution in [0.15, 0.2) is 0 Å². The summed E-state index contributed by atoms with van der Waals surface area (Å²) in [6, 6.07) is 0. The van der Waals surface area contributed by atoms with Crippen LogP contribution in [0, 0.1) is 5.92 Å². The molecule has 0 aromatic rings. The molecule has 102 valence electrons. The Hall–Kier alpha value is 0.0569. The SMILES string of the molecule is CCO[Si](OCC)(OCC)O[C@@H]1CCC[C@@H]1C. The van der Waals surface area contributed by atoms with Crippen LogP contribution in [0.2, 0.25) is 0 Å². The van der Waals surface area contributed by atoms with Gasteiger partial charge in [-0.2, -0.15) is 0 Å². The van der Waals surface area contributed by atoms with E-state index in [0.717, 1.165) is 6.42 Å². The molecular weight excluding hydrogens is 236 g/mol. The van der Waals surface area contributed by atoms with Crippen LogP contribution in [0.25, 0.3) is 0 Å². The lowest BCUT2D eigenvalue weighted by atomic mass is 10.1. The standard InChI is InChI=1S/C12H26O4Si/c1-5-13-17(14-6-2,15-7-3)16-12-10-8-9-11(12)4/h11-12H,5-10H2,1-4H3/t11-,12+/m0/s1. The van der Waals surface area contributed by atoms with Crippen LogP contribution in [-0.4, -0.2) is 35.0 Å². The van der Waals surface area contributed by atoms with Gasteiger partial charge >= 0.3 is 9.05 Å². The Kier molecular flexibility index (Phi) is 6.65. The van der Waals surface area contributed by atoms with Crippen LogP contribution >= 0.6 is 0 Å². The van der Waals surface area contributed by atoms with E-state index in [-0.39, 0.29) is 6.10 Å². The molecule has 0 radical (unpaired) electrons. The fourth-order valence-electron chi connectivity index (χ4n) is 2.23. The molecule has 0 aromatic carbocycles. The van der Waals surface area contributed by atoms with Crippen molar-refractivity contribution in [2.24, 2.45) is 5.92 Å². The molecule has 1 aliphatic carbocycles. The summed E-state index contributed by atoms with van der Waals surface area (Å²) in [5, 5.41) is 0. The van der Waals surface area contributed by atoms with Crippen molar-refractivity contribution in [3.8, 4) is 0 Å². The van der Waals surface area contributed by atoms with Crippen molar-refractivity contribution >= 4 is 9.05 Å². The third-order valence-electron chi connectivity index (χ3n) is 3.04. The predicted octanol–water partition coefficient (Wildman–Crippen LogP) is 2.74. The summed E-state index contributed by atoms with van der Waals surface area (Å²) >= 11 is 0. The minimum atomic E-state index is -2.90. The lowest BCUT2D eigenvalue weighted by molar-refractivity contribution is -0.0564. The van der Waals surface area contributed by atoms with Crippen molar-refractivity contribution < 1.29 is 17.7 Å². The predicted molar refractivity (Wildman–Crippen MR) is 68.5 cm³/mol. The third-order valence-corrected chi connectivity index (χ3v) is 5.56. The maximum atomic E-state index is 6.10. The van der Waals surface area contributed by atoms with Crippen molar-refractivity contribution in [1.29, 1.82) is 0 Å². The highest BCUT2D eigenvalue weighted by Crippen LogP contribution is 2.30. The molecule has 0 amide bonds. The first-order valence-corrected chi connectivity index (χ1v) is 8.40. The number of rotatable bonds is 8. The van der Waals surface area contributed by atoms with Gasteiger partial charge in [-0.15, -0.1) is 0 Å². The highest BCUT2D eigenvalue weighted by Gasteiger charge is 2.48. The first kappa shape index (κ1) is 15.1. The second-order valence-corrected chi connectivity index (χ2v) is 6.47. The quantitative estimate of drug-likeness (QED) is 0.630. The highest BCUT2D eigenvalue weighted by molar-refractivity contribution is 6.53. The van der Waals surface area contributed by atoms with Crippen molar-refractivity contribution in [3.05, 3.63) is 0 Å². The van der Waals surface area contributed by atoms with Crippen molar-refractivity contribution in [3.63, 3.8) is 0 Å². The Balaban J connectivity index is 2.65. The molecule has 17 heavy (non-hydrogen) atoms. The fourth-order valence-corrected chi connectivity index (χ4v) is 4.47. The highest BCUT2D eigenvalue weighted by atomic mass is 28.4. The molecule has 5 heteroatoms. The van der Waals surface area contributed by atoms with Gasteiger partial charge in [0.05, 0.1) is 6.10 Å². The van der Waals surface area contributed by atoms with E-state index in [0.29, 0.717) is 25.7 Å². The van der Waals surface area contributed by atoms with E-state index in [9.17, 15) is 0 Å². The molecule has 0 aliphatic heterocycles. The molecule has 1 fully saturated rings.